The summed E-state index contributed by atoms with van der Waals surface area (Å²) in [5.41, 5.74) is 0. The second kappa shape index (κ2) is 10.4. The Kier molecular flexibility index (Phi) is 8.89. The second-order valence-electron chi connectivity index (χ2n) is 5.01. The Balaban J connectivity index is 2.59. The van der Waals surface area contributed by atoms with E-state index in [0.29, 0.717) is 24.4 Å². The highest BCUT2D eigenvalue weighted by Gasteiger charge is 2.20. The van der Waals surface area contributed by atoms with E-state index in [0.717, 1.165) is 25.7 Å². The van der Waals surface area contributed by atoms with Crippen LogP contribution in [0.5, 0.6) is 0 Å². The van der Waals surface area contributed by atoms with E-state index >= 15 is 0 Å². The number of carbonyl (C=O) groups excluding carboxylic acids is 2. The van der Waals surface area contributed by atoms with Crippen LogP contribution in [0, 0.1) is 0 Å². The number of esters is 1. The average molecular weight is 374 g/mol. The topological polar surface area (TPSA) is 59.8 Å². The van der Waals surface area contributed by atoms with E-state index < -0.39 is 0 Å². The summed E-state index contributed by atoms with van der Waals surface area (Å²) in [6.45, 7) is 5.24. The number of carbonyl (C=O) groups is 2. The van der Waals surface area contributed by atoms with Crippen LogP contribution < -0.4 is 0 Å². The number of nitrogens with zero attached hydrogens (tertiary/aromatic N) is 1. The van der Waals surface area contributed by atoms with Crippen LogP contribution in [0.3, 0.4) is 0 Å². The molecule has 22 heavy (non-hydrogen) atoms. The van der Waals surface area contributed by atoms with Crippen LogP contribution in [0.2, 0.25) is 0 Å². The third kappa shape index (κ3) is 6.64. The number of hydrogen-bond donors (Lipinski definition) is 0. The lowest BCUT2D eigenvalue weighted by molar-refractivity contribution is -0.143. The van der Waals surface area contributed by atoms with Gasteiger partial charge in [0.1, 0.15) is 0 Å². The Bertz CT molecular complexity index is 472. The van der Waals surface area contributed by atoms with Gasteiger partial charge in [0.25, 0.3) is 5.91 Å². The molecule has 1 heterocycles. The van der Waals surface area contributed by atoms with Crippen molar-refractivity contribution in [1.29, 1.82) is 0 Å². The molecule has 1 amide bonds. The van der Waals surface area contributed by atoms with Crippen LogP contribution >= 0.6 is 15.9 Å². The van der Waals surface area contributed by atoms with E-state index in [1.54, 1.807) is 24.0 Å². The SMILES string of the molecule is CCCCCCN(CCC(=O)OCC)C(=O)c1ccc(Br)o1. The monoisotopic (exact) mass is 373 g/mol. The maximum Gasteiger partial charge on any atom is 0.307 e. The molecule has 0 aliphatic heterocycles. The number of halogens is 1. The summed E-state index contributed by atoms with van der Waals surface area (Å²) >= 11 is 3.19. The van der Waals surface area contributed by atoms with E-state index in [4.69, 9.17) is 9.15 Å². The van der Waals surface area contributed by atoms with Gasteiger partial charge < -0.3 is 14.1 Å². The van der Waals surface area contributed by atoms with Gasteiger partial charge in [-0.25, -0.2) is 0 Å². The quantitative estimate of drug-likeness (QED) is 0.459. The van der Waals surface area contributed by atoms with E-state index in [1.165, 1.54) is 0 Å². The molecule has 0 bridgehead atoms. The summed E-state index contributed by atoms with van der Waals surface area (Å²) < 4.78 is 10.8. The zero-order valence-electron chi connectivity index (χ0n) is 13.3. The first-order valence-electron chi connectivity index (χ1n) is 7.78. The molecule has 6 heteroatoms. The number of unbranched alkanes of at least 4 members (excludes halogenated alkanes) is 3. The van der Waals surface area contributed by atoms with E-state index in [2.05, 4.69) is 22.9 Å². The summed E-state index contributed by atoms with van der Waals surface area (Å²) in [4.78, 5) is 25.6. The Morgan fingerprint density at radius 2 is 1.95 bits per heavy atom. The summed E-state index contributed by atoms with van der Waals surface area (Å²) in [7, 11) is 0. The fourth-order valence-electron chi connectivity index (χ4n) is 2.09. The van der Waals surface area contributed by atoms with Crippen molar-refractivity contribution in [1.82, 2.24) is 4.90 Å². The molecule has 0 aliphatic rings. The highest BCUT2D eigenvalue weighted by atomic mass is 79.9. The minimum Gasteiger partial charge on any atom is -0.466 e. The molecular weight excluding hydrogens is 350 g/mol. The first-order chi connectivity index (χ1) is 10.6. The summed E-state index contributed by atoms with van der Waals surface area (Å²) in [5.74, 6) is -0.188. The Labute approximate surface area is 140 Å². The van der Waals surface area contributed by atoms with Gasteiger partial charge in [-0.1, -0.05) is 26.2 Å². The number of rotatable bonds is 10. The highest BCUT2D eigenvalue weighted by Crippen LogP contribution is 2.16. The van der Waals surface area contributed by atoms with E-state index in [1.807, 2.05) is 0 Å². The molecule has 0 saturated heterocycles. The molecule has 0 aliphatic carbocycles. The molecule has 0 radical (unpaired) electrons. The Morgan fingerprint density at radius 3 is 2.55 bits per heavy atom. The largest absolute Gasteiger partial charge is 0.466 e. The molecule has 5 nitrogen and oxygen atoms in total. The second-order valence-corrected chi connectivity index (χ2v) is 5.79. The number of ether oxygens (including phenoxy) is 1. The minimum absolute atomic E-state index is 0.188. The minimum atomic E-state index is -0.283. The molecule has 1 rings (SSSR count). The smallest absolute Gasteiger partial charge is 0.307 e. The standard InChI is InChI=1S/C16H24BrNO4/c1-3-5-6-7-11-18(12-10-15(19)21-4-2)16(20)13-8-9-14(17)22-13/h8-9H,3-7,10-12H2,1-2H3. The maximum atomic E-state index is 12.5. The molecule has 0 N–H and O–H groups in total. The molecule has 1 aromatic heterocycles. The van der Waals surface area contributed by atoms with Crippen molar-refractivity contribution in [2.45, 2.75) is 46.0 Å². The average Bonchev–Trinajstić information content (AvgIpc) is 2.93. The van der Waals surface area contributed by atoms with Gasteiger partial charge in [0.15, 0.2) is 10.4 Å². The zero-order chi connectivity index (χ0) is 16.4. The molecule has 1 aromatic rings. The Hall–Kier alpha value is -1.30. The van der Waals surface area contributed by atoms with Crippen molar-refractivity contribution >= 4 is 27.8 Å². The molecule has 124 valence electrons. The van der Waals surface area contributed by atoms with Gasteiger partial charge in [-0.15, -0.1) is 0 Å². The van der Waals surface area contributed by atoms with Crippen molar-refractivity contribution in [3.63, 3.8) is 0 Å². The normalized spacial score (nSPS) is 10.5. The fraction of sp³-hybridized carbons (Fsp3) is 0.625. The van der Waals surface area contributed by atoms with E-state index in [-0.39, 0.29) is 24.1 Å². The van der Waals surface area contributed by atoms with Crippen LogP contribution in [0.1, 0.15) is 56.5 Å². The van der Waals surface area contributed by atoms with E-state index in [9.17, 15) is 9.59 Å². The number of hydrogen-bond acceptors (Lipinski definition) is 4. The number of furan rings is 1. The number of amides is 1. The van der Waals surface area contributed by atoms with Crippen molar-refractivity contribution in [2.75, 3.05) is 19.7 Å². The molecule has 0 saturated carbocycles. The molecule has 0 fully saturated rings. The lowest BCUT2D eigenvalue weighted by Gasteiger charge is -2.21. The van der Waals surface area contributed by atoms with Gasteiger partial charge in [-0.3, -0.25) is 9.59 Å². The van der Waals surface area contributed by atoms with Crippen LogP contribution in [0.15, 0.2) is 21.2 Å². The summed E-state index contributed by atoms with van der Waals surface area (Å²) in [6.07, 6.45) is 4.48. The third-order valence-electron chi connectivity index (χ3n) is 3.24. The first-order valence-corrected chi connectivity index (χ1v) is 8.58. The van der Waals surface area contributed by atoms with Crippen molar-refractivity contribution in [3.8, 4) is 0 Å². The predicted molar refractivity (Wildman–Crippen MR) is 87.7 cm³/mol. The third-order valence-corrected chi connectivity index (χ3v) is 3.67. The van der Waals surface area contributed by atoms with Gasteiger partial charge in [0.05, 0.1) is 13.0 Å². The van der Waals surface area contributed by atoms with Gasteiger partial charge >= 0.3 is 5.97 Å². The lowest BCUT2D eigenvalue weighted by Crippen LogP contribution is -2.34. The van der Waals surface area contributed by atoms with Crippen LogP contribution in [0.4, 0.5) is 0 Å². The van der Waals surface area contributed by atoms with Crippen LogP contribution in [-0.2, 0) is 9.53 Å². The summed E-state index contributed by atoms with van der Waals surface area (Å²) in [6, 6.07) is 3.32. The van der Waals surface area contributed by atoms with Gasteiger partial charge in [0, 0.05) is 13.1 Å². The molecular formula is C16H24BrNO4. The zero-order valence-corrected chi connectivity index (χ0v) is 14.9. The summed E-state index contributed by atoms with van der Waals surface area (Å²) in [5, 5.41) is 0. The van der Waals surface area contributed by atoms with Gasteiger partial charge in [-0.2, -0.15) is 0 Å². The molecule has 0 unspecified atom stereocenters. The highest BCUT2D eigenvalue weighted by molar-refractivity contribution is 9.10. The first kappa shape index (κ1) is 18.7. The molecule has 0 aromatic carbocycles. The van der Waals surface area contributed by atoms with Crippen molar-refractivity contribution in [3.05, 3.63) is 22.6 Å². The predicted octanol–water partition coefficient (Wildman–Crippen LogP) is 4.02. The van der Waals surface area contributed by atoms with Crippen LogP contribution in [0.25, 0.3) is 0 Å². The van der Waals surface area contributed by atoms with Crippen molar-refractivity contribution in [2.24, 2.45) is 0 Å². The fourth-order valence-corrected chi connectivity index (χ4v) is 2.40. The Morgan fingerprint density at radius 1 is 1.18 bits per heavy atom. The van der Waals surface area contributed by atoms with Crippen molar-refractivity contribution < 1.29 is 18.7 Å². The maximum absolute atomic E-state index is 12.5. The van der Waals surface area contributed by atoms with Gasteiger partial charge in [-0.05, 0) is 41.4 Å². The van der Waals surface area contributed by atoms with Gasteiger partial charge in [0.2, 0.25) is 0 Å². The molecule has 0 spiro atoms. The van der Waals surface area contributed by atoms with Crippen LogP contribution in [-0.4, -0.2) is 36.5 Å². The molecule has 0 atom stereocenters. The lowest BCUT2D eigenvalue weighted by atomic mass is 10.2.